The molecule has 1 aliphatic rings. The third-order valence-electron chi connectivity index (χ3n) is 6.29. The summed E-state index contributed by atoms with van der Waals surface area (Å²) in [6, 6.07) is 19.0. The van der Waals surface area contributed by atoms with Crippen molar-refractivity contribution >= 4 is 22.6 Å². The summed E-state index contributed by atoms with van der Waals surface area (Å²) in [6.07, 6.45) is 3.76. The number of aromatic nitrogens is 3. The Morgan fingerprint density at radius 1 is 1.11 bits per heavy atom. The van der Waals surface area contributed by atoms with Crippen molar-refractivity contribution in [3.63, 3.8) is 0 Å². The SMILES string of the molecule is Cc1ccc(-n2c(CCCCC(=O)O)nc3cc(C4=NOC(c5ccccn5)C4)ccc3c2=O)cc1. The van der Waals surface area contributed by atoms with Crippen LogP contribution in [0.4, 0.5) is 0 Å². The first-order valence-corrected chi connectivity index (χ1v) is 12.0. The van der Waals surface area contributed by atoms with Gasteiger partial charge >= 0.3 is 5.97 Å². The number of aryl methyl sites for hydroxylation is 2. The zero-order valence-corrected chi connectivity index (χ0v) is 19.9. The number of benzene rings is 2. The number of aliphatic carboxylic acids is 1. The summed E-state index contributed by atoms with van der Waals surface area (Å²) in [5.41, 5.74) is 4.70. The van der Waals surface area contributed by atoms with Crippen LogP contribution in [-0.4, -0.2) is 31.3 Å². The molecule has 0 spiro atoms. The zero-order valence-electron chi connectivity index (χ0n) is 19.9. The van der Waals surface area contributed by atoms with Gasteiger partial charge in [0.15, 0.2) is 6.10 Å². The predicted molar refractivity (Wildman–Crippen MR) is 136 cm³/mol. The third kappa shape index (κ3) is 4.88. The van der Waals surface area contributed by atoms with Crippen LogP contribution in [0.2, 0.25) is 0 Å². The van der Waals surface area contributed by atoms with Gasteiger partial charge in [-0.3, -0.25) is 19.1 Å². The fraction of sp³-hybridized carbons (Fsp3) is 0.250. The summed E-state index contributed by atoms with van der Waals surface area (Å²) in [6.45, 7) is 1.99. The molecule has 2 aromatic carbocycles. The highest BCUT2D eigenvalue weighted by Gasteiger charge is 2.25. The summed E-state index contributed by atoms with van der Waals surface area (Å²) < 4.78 is 1.63. The van der Waals surface area contributed by atoms with E-state index in [1.54, 1.807) is 16.8 Å². The minimum absolute atomic E-state index is 0.0871. The Bertz CT molecular complexity index is 1490. The van der Waals surface area contributed by atoms with E-state index in [-0.39, 0.29) is 18.1 Å². The molecule has 8 nitrogen and oxygen atoms in total. The van der Waals surface area contributed by atoms with Crippen molar-refractivity contribution in [2.24, 2.45) is 5.16 Å². The topological polar surface area (TPSA) is 107 Å². The lowest BCUT2D eigenvalue weighted by Gasteiger charge is -2.14. The highest BCUT2D eigenvalue weighted by atomic mass is 16.6. The second-order valence-electron chi connectivity index (χ2n) is 8.93. The van der Waals surface area contributed by atoms with Crippen LogP contribution >= 0.6 is 0 Å². The highest BCUT2D eigenvalue weighted by Crippen LogP contribution is 2.29. The lowest BCUT2D eigenvalue weighted by Crippen LogP contribution is -2.24. The third-order valence-corrected chi connectivity index (χ3v) is 6.29. The van der Waals surface area contributed by atoms with Gasteiger partial charge in [0.25, 0.3) is 5.56 Å². The summed E-state index contributed by atoms with van der Waals surface area (Å²) >= 11 is 0. The molecule has 1 unspecified atom stereocenters. The smallest absolute Gasteiger partial charge is 0.303 e. The first-order valence-electron chi connectivity index (χ1n) is 12.0. The molecule has 0 radical (unpaired) electrons. The monoisotopic (exact) mass is 482 g/mol. The number of unbranched alkanes of at least 4 members (excludes halogenated alkanes) is 1. The van der Waals surface area contributed by atoms with Crippen molar-refractivity contribution in [1.82, 2.24) is 14.5 Å². The average molecular weight is 483 g/mol. The number of nitrogens with zero attached hydrogens (tertiary/aromatic N) is 4. The van der Waals surface area contributed by atoms with E-state index >= 15 is 0 Å². The van der Waals surface area contributed by atoms with Crippen LogP contribution in [0.3, 0.4) is 0 Å². The van der Waals surface area contributed by atoms with Gasteiger partial charge in [-0.25, -0.2) is 4.98 Å². The number of hydrogen-bond acceptors (Lipinski definition) is 6. The fourth-order valence-electron chi connectivity index (χ4n) is 4.37. The van der Waals surface area contributed by atoms with Gasteiger partial charge in [-0.1, -0.05) is 35.0 Å². The van der Waals surface area contributed by atoms with Gasteiger partial charge in [0.1, 0.15) is 5.82 Å². The van der Waals surface area contributed by atoms with E-state index in [1.807, 2.05) is 61.5 Å². The van der Waals surface area contributed by atoms with Gasteiger partial charge in [-0.15, -0.1) is 0 Å². The van der Waals surface area contributed by atoms with Gasteiger partial charge in [-0.05, 0) is 56.2 Å². The molecule has 0 fully saturated rings. The molecule has 36 heavy (non-hydrogen) atoms. The van der Waals surface area contributed by atoms with E-state index in [0.717, 1.165) is 28.2 Å². The lowest BCUT2D eigenvalue weighted by atomic mass is 10.0. The predicted octanol–water partition coefficient (Wildman–Crippen LogP) is 4.75. The zero-order chi connectivity index (χ0) is 25.1. The molecule has 1 aliphatic heterocycles. The Morgan fingerprint density at radius 3 is 2.69 bits per heavy atom. The van der Waals surface area contributed by atoms with Gasteiger partial charge in [-0.2, -0.15) is 0 Å². The van der Waals surface area contributed by atoms with Crippen LogP contribution in [0, 0.1) is 6.92 Å². The molecule has 1 N–H and O–H groups in total. The number of pyridine rings is 1. The highest BCUT2D eigenvalue weighted by molar-refractivity contribution is 6.03. The van der Waals surface area contributed by atoms with Crippen molar-refractivity contribution in [3.8, 4) is 5.69 Å². The number of hydrogen-bond donors (Lipinski definition) is 1. The van der Waals surface area contributed by atoms with E-state index < -0.39 is 5.97 Å². The maximum atomic E-state index is 13.6. The van der Waals surface area contributed by atoms with Crippen LogP contribution < -0.4 is 5.56 Å². The van der Waals surface area contributed by atoms with Crippen molar-refractivity contribution in [2.75, 3.05) is 0 Å². The van der Waals surface area contributed by atoms with Gasteiger partial charge < -0.3 is 9.94 Å². The quantitative estimate of drug-likeness (QED) is 0.363. The molecular weight excluding hydrogens is 456 g/mol. The van der Waals surface area contributed by atoms with Crippen LogP contribution in [0.5, 0.6) is 0 Å². The van der Waals surface area contributed by atoms with E-state index in [1.165, 1.54) is 0 Å². The Hall–Kier alpha value is -4.33. The minimum atomic E-state index is -0.828. The minimum Gasteiger partial charge on any atom is -0.481 e. The lowest BCUT2D eigenvalue weighted by molar-refractivity contribution is -0.137. The van der Waals surface area contributed by atoms with Crippen molar-refractivity contribution < 1.29 is 14.7 Å². The van der Waals surface area contributed by atoms with E-state index in [0.29, 0.717) is 42.4 Å². The van der Waals surface area contributed by atoms with Crippen molar-refractivity contribution in [2.45, 2.75) is 45.1 Å². The number of carboxylic acid groups (broad SMARTS) is 1. The normalized spacial score (nSPS) is 15.0. The van der Waals surface area contributed by atoms with Gasteiger partial charge in [0.2, 0.25) is 0 Å². The Morgan fingerprint density at radius 2 is 1.94 bits per heavy atom. The first kappa shape index (κ1) is 23.4. The second-order valence-corrected chi connectivity index (χ2v) is 8.93. The molecule has 0 amide bonds. The number of carbonyl (C=O) groups is 1. The summed E-state index contributed by atoms with van der Waals surface area (Å²) in [5, 5.41) is 13.8. The molecule has 0 aliphatic carbocycles. The fourth-order valence-corrected chi connectivity index (χ4v) is 4.37. The molecule has 0 saturated heterocycles. The molecule has 182 valence electrons. The molecule has 4 aromatic rings. The van der Waals surface area contributed by atoms with Crippen LogP contribution in [-0.2, 0) is 16.1 Å². The van der Waals surface area contributed by atoms with E-state index in [9.17, 15) is 9.59 Å². The van der Waals surface area contributed by atoms with Crippen LogP contribution in [0.25, 0.3) is 16.6 Å². The van der Waals surface area contributed by atoms with Gasteiger partial charge in [0.05, 0.1) is 28.0 Å². The van der Waals surface area contributed by atoms with Crippen molar-refractivity contribution in [3.05, 3.63) is 99.9 Å². The Kier molecular flexibility index (Phi) is 6.58. The molecule has 8 heteroatoms. The molecule has 2 aromatic heterocycles. The number of carboxylic acids is 1. The van der Waals surface area contributed by atoms with Gasteiger partial charge in [0, 0.05) is 31.0 Å². The largest absolute Gasteiger partial charge is 0.481 e. The number of oxime groups is 1. The average Bonchev–Trinajstić information content (AvgIpc) is 3.38. The number of rotatable bonds is 8. The standard InChI is InChI=1S/C28H26N4O4/c1-18-9-12-20(13-10-18)32-26(7-2-3-8-27(33)34)30-24-16-19(11-14-21(24)28(32)35)23-17-25(36-31-23)22-6-4-5-15-29-22/h4-6,9-16,25H,2-3,7-8,17H2,1H3,(H,33,34). The molecule has 5 rings (SSSR count). The Labute approximate surface area is 207 Å². The van der Waals surface area contributed by atoms with Crippen LogP contribution in [0.15, 0.2) is 76.8 Å². The van der Waals surface area contributed by atoms with Crippen molar-refractivity contribution in [1.29, 1.82) is 0 Å². The van der Waals surface area contributed by atoms with Crippen LogP contribution in [0.1, 0.15) is 54.4 Å². The van der Waals surface area contributed by atoms with E-state index in [4.69, 9.17) is 14.9 Å². The summed E-state index contributed by atoms with van der Waals surface area (Å²) in [5.74, 6) is -0.222. The molecule has 3 heterocycles. The summed E-state index contributed by atoms with van der Waals surface area (Å²) in [7, 11) is 0. The maximum absolute atomic E-state index is 13.6. The Balaban J connectivity index is 1.50. The second kappa shape index (κ2) is 10.1. The maximum Gasteiger partial charge on any atom is 0.303 e. The molecule has 1 atom stereocenters. The molecule has 0 bridgehead atoms. The van der Waals surface area contributed by atoms with E-state index in [2.05, 4.69) is 10.1 Å². The summed E-state index contributed by atoms with van der Waals surface area (Å²) in [4.78, 5) is 39.4. The molecular formula is C28H26N4O4. The molecule has 0 saturated carbocycles. The number of fused-ring (bicyclic) bond motifs is 1. The first-order chi connectivity index (χ1) is 17.5.